The highest BCUT2D eigenvalue weighted by atomic mass is 16.3. The summed E-state index contributed by atoms with van der Waals surface area (Å²) in [4.78, 5) is 14.3. The summed E-state index contributed by atoms with van der Waals surface area (Å²) in [7, 11) is 0. The van der Waals surface area contributed by atoms with Crippen molar-refractivity contribution in [2.45, 2.75) is 32.8 Å². The molecule has 1 aromatic carbocycles. The van der Waals surface area contributed by atoms with Crippen LogP contribution in [0.3, 0.4) is 0 Å². The van der Waals surface area contributed by atoms with Gasteiger partial charge in [0.1, 0.15) is 0 Å². The van der Waals surface area contributed by atoms with Crippen molar-refractivity contribution in [3.63, 3.8) is 0 Å². The average molecular weight is 261 g/mol. The molecule has 0 amide bonds. The second kappa shape index (κ2) is 6.31. The molecule has 0 saturated carbocycles. The van der Waals surface area contributed by atoms with Crippen molar-refractivity contribution >= 4 is 5.78 Å². The number of aliphatic hydroxyl groups is 1. The Balaban J connectivity index is 1.90. The summed E-state index contributed by atoms with van der Waals surface area (Å²) in [5.41, 5.74) is 2.05. The molecular formula is C16H23NO2. The molecule has 1 saturated heterocycles. The first kappa shape index (κ1) is 14.2. The molecule has 2 unspecified atom stereocenters. The van der Waals surface area contributed by atoms with Gasteiger partial charge in [0, 0.05) is 12.1 Å². The number of carbonyl (C=O) groups excluding carboxylic acids is 1. The number of carbonyl (C=O) groups is 1. The van der Waals surface area contributed by atoms with E-state index in [1.807, 2.05) is 31.2 Å². The van der Waals surface area contributed by atoms with E-state index < -0.39 is 0 Å². The topological polar surface area (TPSA) is 40.5 Å². The van der Waals surface area contributed by atoms with Gasteiger partial charge in [0.2, 0.25) is 0 Å². The van der Waals surface area contributed by atoms with E-state index in [0.717, 1.165) is 31.5 Å². The number of ketones is 1. The van der Waals surface area contributed by atoms with Crippen LogP contribution in [0.2, 0.25) is 0 Å². The second-order valence-electron chi connectivity index (χ2n) is 5.50. The smallest absolute Gasteiger partial charge is 0.176 e. The van der Waals surface area contributed by atoms with Crippen LogP contribution in [0.15, 0.2) is 24.3 Å². The Morgan fingerprint density at radius 3 is 2.63 bits per heavy atom. The molecule has 3 heteroatoms. The van der Waals surface area contributed by atoms with E-state index >= 15 is 0 Å². The lowest BCUT2D eigenvalue weighted by atomic mass is 10.0. The standard InChI is InChI=1S/C16H23NO2/c1-3-13-4-6-14(7-5-13)16(19)11-17-9-8-15(10-17)12(2)18/h4-7,12,15,18H,3,8-11H2,1-2H3. The summed E-state index contributed by atoms with van der Waals surface area (Å²) in [6.45, 7) is 6.15. The molecule has 0 aliphatic carbocycles. The minimum absolute atomic E-state index is 0.175. The second-order valence-corrected chi connectivity index (χ2v) is 5.50. The van der Waals surface area contributed by atoms with Crippen molar-refractivity contribution in [3.05, 3.63) is 35.4 Å². The molecule has 2 rings (SSSR count). The van der Waals surface area contributed by atoms with Crippen LogP contribution >= 0.6 is 0 Å². The molecule has 0 bridgehead atoms. The van der Waals surface area contributed by atoms with Crippen LogP contribution in [-0.2, 0) is 6.42 Å². The molecule has 19 heavy (non-hydrogen) atoms. The van der Waals surface area contributed by atoms with Crippen LogP contribution in [0.4, 0.5) is 0 Å². The van der Waals surface area contributed by atoms with E-state index in [2.05, 4.69) is 11.8 Å². The highest BCUT2D eigenvalue weighted by Gasteiger charge is 2.27. The number of hydrogen-bond acceptors (Lipinski definition) is 3. The largest absolute Gasteiger partial charge is 0.393 e. The monoisotopic (exact) mass is 261 g/mol. The maximum atomic E-state index is 12.2. The van der Waals surface area contributed by atoms with Gasteiger partial charge in [-0.3, -0.25) is 9.69 Å². The molecular weight excluding hydrogens is 238 g/mol. The third-order valence-corrected chi connectivity index (χ3v) is 4.04. The summed E-state index contributed by atoms with van der Waals surface area (Å²) >= 11 is 0. The summed E-state index contributed by atoms with van der Waals surface area (Å²) in [6.07, 6.45) is 1.71. The number of benzene rings is 1. The molecule has 3 nitrogen and oxygen atoms in total. The average Bonchev–Trinajstić information content (AvgIpc) is 2.87. The Morgan fingerprint density at radius 2 is 2.11 bits per heavy atom. The van der Waals surface area contributed by atoms with Gasteiger partial charge in [-0.25, -0.2) is 0 Å². The van der Waals surface area contributed by atoms with Gasteiger partial charge in [-0.05, 0) is 37.8 Å². The Labute approximate surface area is 115 Å². The molecule has 1 aliphatic heterocycles. The van der Waals surface area contributed by atoms with Crippen molar-refractivity contribution in [1.82, 2.24) is 4.90 Å². The Morgan fingerprint density at radius 1 is 1.42 bits per heavy atom. The molecule has 104 valence electrons. The fourth-order valence-corrected chi connectivity index (χ4v) is 2.62. The number of aryl methyl sites for hydroxylation is 1. The first-order valence-electron chi connectivity index (χ1n) is 7.12. The number of rotatable bonds is 5. The summed E-state index contributed by atoms with van der Waals surface area (Å²) in [5, 5.41) is 9.57. The van der Waals surface area contributed by atoms with Crippen molar-refractivity contribution in [3.8, 4) is 0 Å². The number of nitrogens with zero attached hydrogens (tertiary/aromatic N) is 1. The van der Waals surface area contributed by atoms with Gasteiger partial charge in [-0.1, -0.05) is 31.2 Å². The van der Waals surface area contributed by atoms with Gasteiger partial charge < -0.3 is 5.11 Å². The lowest BCUT2D eigenvalue weighted by molar-refractivity contribution is 0.0925. The van der Waals surface area contributed by atoms with Crippen molar-refractivity contribution in [2.24, 2.45) is 5.92 Å². The SMILES string of the molecule is CCc1ccc(C(=O)CN2CCC(C(C)O)C2)cc1. The molecule has 1 heterocycles. The minimum Gasteiger partial charge on any atom is -0.393 e. The maximum Gasteiger partial charge on any atom is 0.176 e. The van der Waals surface area contributed by atoms with Crippen molar-refractivity contribution in [1.29, 1.82) is 0 Å². The van der Waals surface area contributed by atoms with Crippen LogP contribution < -0.4 is 0 Å². The molecule has 1 aliphatic rings. The number of aliphatic hydroxyl groups excluding tert-OH is 1. The predicted octanol–water partition coefficient (Wildman–Crippen LogP) is 2.13. The molecule has 1 aromatic rings. The first-order chi connectivity index (χ1) is 9.10. The summed E-state index contributed by atoms with van der Waals surface area (Å²) in [6, 6.07) is 7.89. The number of likely N-dealkylation sites (tertiary alicyclic amines) is 1. The zero-order chi connectivity index (χ0) is 13.8. The summed E-state index contributed by atoms with van der Waals surface area (Å²) in [5.74, 6) is 0.490. The van der Waals surface area contributed by atoms with Gasteiger partial charge in [0.05, 0.1) is 12.6 Å². The van der Waals surface area contributed by atoms with Gasteiger partial charge in [0.25, 0.3) is 0 Å². The van der Waals surface area contributed by atoms with Crippen LogP contribution in [0.5, 0.6) is 0 Å². The first-order valence-corrected chi connectivity index (χ1v) is 7.12. The Kier molecular flexibility index (Phi) is 4.72. The zero-order valence-corrected chi connectivity index (χ0v) is 11.8. The van der Waals surface area contributed by atoms with Gasteiger partial charge >= 0.3 is 0 Å². The molecule has 0 radical (unpaired) electrons. The van der Waals surface area contributed by atoms with E-state index in [0.29, 0.717) is 12.5 Å². The molecule has 2 atom stereocenters. The number of Topliss-reactive ketones (excluding diaryl/α,β-unsaturated/α-hetero) is 1. The lowest BCUT2D eigenvalue weighted by Crippen LogP contribution is -2.29. The number of hydrogen-bond donors (Lipinski definition) is 1. The third-order valence-electron chi connectivity index (χ3n) is 4.04. The quantitative estimate of drug-likeness (QED) is 0.826. The van der Waals surface area contributed by atoms with Gasteiger partial charge in [0.15, 0.2) is 5.78 Å². The highest BCUT2D eigenvalue weighted by molar-refractivity contribution is 5.97. The molecule has 0 aromatic heterocycles. The minimum atomic E-state index is -0.274. The van der Waals surface area contributed by atoms with Crippen molar-refractivity contribution < 1.29 is 9.90 Å². The highest BCUT2D eigenvalue weighted by Crippen LogP contribution is 2.19. The predicted molar refractivity (Wildman–Crippen MR) is 76.4 cm³/mol. The fraction of sp³-hybridized carbons (Fsp3) is 0.562. The Hall–Kier alpha value is -1.19. The van der Waals surface area contributed by atoms with E-state index in [9.17, 15) is 9.90 Å². The van der Waals surface area contributed by atoms with Crippen LogP contribution in [0.1, 0.15) is 36.2 Å². The molecule has 1 fully saturated rings. The van der Waals surface area contributed by atoms with E-state index in [1.165, 1.54) is 5.56 Å². The van der Waals surface area contributed by atoms with Gasteiger partial charge in [-0.2, -0.15) is 0 Å². The van der Waals surface area contributed by atoms with Crippen molar-refractivity contribution in [2.75, 3.05) is 19.6 Å². The fourth-order valence-electron chi connectivity index (χ4n) is 2.62. The van der Waals surface area contributed by atoms with Crippen LogP contribution in [-0.4, -0.2) is 41.5 Å². The van der Waals surface area contributed by atoms with Crippen LogP contribution in [0.25, 0.3) is 0 Å². The Bertz CT molecular complexity index is 425. The van der Waals surface area contributed by atoms with Gasteiger partial charge in [-0.15, -0.1) is 0 Å². The normalized spacial score (nSPS) is 21.5. The van der Waals surface area contributed by atoms with Crippen LogP contribution in [0, 0.1) is 5.92 Å². The lowest BCUT2D eigenvalue weighted by Gasteiger charge is -2.16. The molecule has 1 N–H and O–H groups in total. The summed E-state index contributed by atoms with van der Waals surface area (Å²) < 4.78 is 0. The maximum absolute atomic E-state index is 12.2. The molecule has 0 spiro atoms. The zero-order valence-electron chi connectivity index (χ0n) is 11.8. The van der Waals surface area contributed by atoms with E-state index in [-0.39, 0.29) is 11.9 Å². The van der Waals surface area contributed by atoms with E-state index in [4.69, 9.17) is 0 Å². The van der Waals surface area contributed by atoms with E-state index in [1.54, 1.807) is 0 Å². The third kappa shape index (κ3) is 3.64.